The van der Waals surface area contributed by atoms with Crippen molar-refractivity contribution in [3.05, 3.63) is 36.1 Å². The smallest absolute Gasteiger partial charge is 0.306 e. The first-order chi connectivity index (χ1) is 34.2. The van der Waals surface area contributed by atoms with E-state index < -0.39 is 71.7 Å². The van der Waals surface area contributed by atoms with E-state index in [9.17, 15) is 35.4 Å². The fourth-order valence-electron chi connectivity index (χ4n) is 16.1. The molecule has 3 spiro atoms. The van der Waals surface area contributed by atoms with Crippen molar-refractivity contribution in [2.45, 2.75) is 156 Å². The zero-order valence-electron chi connectivity index (χ0n) is 41.4. The molecule has 14 nitrogen and oxygen atoms in total. The first-order valence-electron chi connectivity index (χ1n) is 26.6. The third-order valence-corrected chi connectivity index (χ3v) is 25.6. The van der Waals surface area contributed by atoms with Crippen LogP contribution in [0.3, 0.4) is 0 Å². The summed E-state index contributed by atoms with van der Waals surface area (Å²) in [5.41, 5.74) is -5.53. The Labute approximate surface area is 433 Å². The summed E-state index contributed by atoms with van der Waals surface area (Å²) in [7, 11) is 9.63. The highest BCUT2D eigenvalue weighted by molar-refractivity contribution is 8.77. The fourth-order valence-corrected chi connectivity index (χ4v) is 23.2. The third-order valence-electron chi connectivity index (χ3n) is 19.7. The van der Waals surface area contributed by atoms with Crippen LogP contribution < -0.4 is 20.1 Å². The molecule has 394 valence electrons. The predicted octanol–water partition coefficient (Wildman–Crippen LogP) is 6.26. The van der Waals surface area contributed by atoms with Crippen LogP contribution >= 0.6 is 43.2 Å². The SMILES string of the molecule is CCOC(=O)CCc1cc2ccoc2c2c1O[C@@H]1O[C@@]3(CSS[C@@]45C[C@H](CSSC[C@H](CC[C@@H]3O)[C@@H](C)CC[C@@H]4NCCO2)[C@@]2(C[C@@H]3CC[C@H](NC)[C@H]3C2)C5)[C@]2(O)C[C@@H]3C=C[C@@H](O)[C@@H](CO)[C@H]3[C@@]1(O)[C@H]2O. The van der Waals surface area contributed by atoms with Gasteiger partial charge in [-0.05, 0) is 150 Å². The highest BCUT2D eigenvalue weighted by atomic mass is 33.1. The second-order valence-corrected chi connectivity index (χ2v) is 28.4. The molecule has 0 amide bonds. The van der Waals surface area contributed by atoms with Crippen molar-refractivity contribution in [1.29, 1.82) is 0 Å². The molecule has 8 N–H and O–H groups in total. The van der Waals surface area contributed by atoms with E-state index in [-0.39, 0.29) is 78.3 Å². The minimum Gasteiger partial charge on any atom is -0.485 e. The number of ether oxygens (including phenoxy) is 4. The lowest BCUT2D eigenvalue weighted by Crippen LogP contribution is -2.86. The Morgan fingerprint density at radius 3 is 2.62 bits per heavy atom. The van der Waals surface area contributed by atoms with Crippen LogP contribution in [-0.4, -0.2) is 146 Å². The van der Waals surface area contributed by atoms with Gasteiger partial charge in [0.25, 0.3) is 0 Å². The number of aryl methyl sites for hydroxylation is 1. The fraction of sp³-hybridized carbons (Fsp3) is 0.792. The minimum absolute atomic E-state index is 0.00273. The van der Waals surface area contributed by atoms with Gasteiger partial charge in [0.15, 0.2) is 16.9 Å². The van der Waals surface area contributed by atoms with E-state index in [0.29, 0.717) is 59.2 Å². The Morgan fingerprint density at radius 2 is 1.80 bits per heavy atom. The summed E-state index contributed by atoms with van der Waals surface area (Å²) in [4.78, 5) is 13.0. The molecule has 0 unspecified atom stereocenters. The van der Waals surface area contributed by atoms with E-state index in [4.69, 9.17) is 23.4 Å². The van der Waals surface area contributed by atoms with Gasteiger partial charge in [-0.15, -0.1) is 0 Å². The molecule has 8 bridgehead atoms. The topological polar surface area (TPSA) is 213 Å². The molecule has 9 aliphatic rings. The van der Waals surface area contributed by atoms with E-state index in [1.165, 1.54) is 25.7 Å². The maximum absolute atomic E-state index is 13.8. The number of carbonyl (C=O) groups is 1. The van der Waals surface area contributed by atoms with Gasteiger partial charge in [0.2, 0.25) is 12.0 Å². The summed E-state index contributed by atoms with van der Waals surface area (Å²) in [5.74, 6) is 1.74. The van der Waals surface area contributed by atoms with Gasteiger partial charge < -0.3 is 64.6 Å². The summed E-state index contributed by atoms with van der Waals surface area (Å²) in [5, 5.41) is 84.8. The van der Waals surface area contributed by atoms with Gasteiger partial charge in [0.1, 0.15) is 23.9 Å². The van der Waals surface area contributed by atoms with Crippen molar-refractivity contribution < 1.29 is 58.8 Å². The van der Waals surface area contributed by atoms with Gasteiger partial charge >= 0.3 is 5.97 Å². The quantitative estimate of drug-likeness (QED) is 0.0912. The number of aliphatic hydroxyl groups is 6. The standard InChI is InChI=1S/C53H76N2O12S4/c1-4-63-42(59)14-9-30-19-31-15-17-64-44(31)46-45(30)66-48-53(62)43-33(7-11-39(57)37(43)24-56)21-51(61,47(53)60)52(67-48)28-70-71-50-22-35(49(27-50)20-32-6-10-38(54-3)36(32)23-49)26-69-68-25-34(8-13-41(52)58)29(2)5-12-40(50)55-16-18-65-46/h7,11,15,17,19,29,32-41,43,47-48,54-58,60-62H,4-6,8-10,12-14,16,18,20-28H2,1-3H3/t29-,32-,33-,34-,35+,36-,37+,38-,39+,40-,41-,43-,47-,48+,49+,50+,51-,52+,53+/m0/s1. The van der Waals surface area contributed by atoms with E-state index in [2.05, 4.69) is 24.6 Å². The number of benzene rings is 1. The van der Waals surface area contributed by atoms with Crippen LogP contribution in [0.15, 0.2) is 35.0 Å². The summed E-state index contributed by atoms with van der Waals surface area (Å²) in [6, 6.07) is 4.30. The van der Waals surface area contributed by atoms with E-state index in [1.807, 2.05) is 44.5 Å². The van der Waals surface area contributed by atoms with Crippen LogP contribution in [-0.2, 0) is 20.7 Å². The third kappa shape index (κ3) is 8.56. The van der Waals surface area contributed by atoms with Crippen LogP contribution in [0.2, 0.25) is 0 Å². The average molecular weight is 1060 g/mol. The second-order valence-electron chi connectivity index (χ2n) is 23.1. The molecule has 5 aliphatic carbocycles. The minimum atomic E-state index is -2.46. The van der Waals surface area contributed by atoms with Crippen LogP contribution in [0, 0.1) is 52.8 Å². The van der Waals surface area contributed by atoms with Crippen molar-refractivity contribution in [3.63, 3.8) is 0 Å². The molecular weight excluding hydrogens is 985 g/mol. The number of hydrogen-bond donors (Lipinski definition) is 8. The van der Waals surface area contributed by atoms with E-state index in [1.54, 1.807) is 36.1 Å². The lowest BCUT2D eigenvalue weighted by molar-refractivity contribution is -0.424. The van der Waals surface area contributed by atoms with Crippen molar-refractivity contribution in [1.82, 2.24) is 10.6 Å². The average Bonchev–Trinajstić information content (AvgIpc) is 4.13. The largest absolute Gasteiger partial charge is 0.485 e. The zero-order valence-corrected chi connectivity index (χ0v) is 44.6. The van der Waals surface area contributed by atoms with Gasteiger partial charge in [-0.2, -0.15) is 0 Å². The molecule has 18 heteroatoms. The van der Waals surface area contributed by atoms with Gasteiger partial charge in [0.05, 0.1) is 25.1 Å². The first-order valence-corrected chi connectivity index (χ1v) is 31.4. The normalized spacial score (nSPS) is 46.5. The number of allylic oxidation sites excluding steroid dienone is 1. The van der Waals surface area contributed by atoms with Gasteiger partial charge in [-0.25, -0.2) is 0 Å². The maximum atomic E-state index is 13.8. The van der Waals surface area contributed by atoms with E-state index >= 15 is 0 Å². The number of hydrogen-bond acceptors (Lipinski definition) is 18. The number of fused-ring (bicyclic) bond motifs is 17. The van der Waals surface area contributed by atoms with Crippen LogP contribution in [0.25, 0.3) is 11.0 Å². The molecule has 1 aromatic carbocycles. The number of aliphatic hydroxyl groups excluding tert-OH is 4. The molecular formula is C53H76N2O12S4. The predicted molar refractivity (Wildman–Crippen MR) is 278 cm³/mol. The van der Waals surface area contributed by atoms with E-state index in [0.717, 1.165) is 37.2 Å². The van der Waals surface area contributed by atoms with Crippen LogP contribution in [0.1, 0.15) is 96.5 Å². The van der Waals surface area contributed by atoms with Gasteiger partial charge in [0, 0.05) is 70.9 Å². The van der Waals surface area contributed by atoms with Crippen molar-refractivity contribution in [2.75, 3.05) is 50.7 Å². The Hall–Kier alpha value is -1.39. The molecule has 4 saturated carbocycles. The first kappa shape index (κ1) is 51.7. The molecule has 19 atom stereocenters. The maximum Gasteiger partial charge on any atom is 0.306 e. The zero-order chi connectivity index (χ0) is 49.5. The summed E-state index contributed by atoms with van der Waals surface area (Å²) in [6.45, 7) is 4.53. The Bertz CT molecular complexity index is 2290. The molecule has 0 radical (unpaired) electrons. The lowest BCUT2D eigenvalue weighted by Gasteiger charge is -2.67. The number of nitrogens with one attached hydrogen (secondary N) is 2. The number of carbonyl (C=O) groups excluding carboxylic acids is 1. The molecule has 4 aliphatic heterocycles. The van der Waals surface area contributed by atoms with Gasteiger partial charge in [-0.3, -0.25) is 4.79 Å². The molecule has 5 heterocycles. The number of rotatable bonds is 6. The molecule has 11 rings (SSSR count). The Morgan fingerprint density at radius 1 is 0.972 bits per heavy atom. The van der Waals surface area contributed by atoms with Crippen molar-refractivity contribution in [2.24, 2.45) is 52.8 Å². The van der Waals surface area contributed by atoms with Crippen molar-refractivity contribution in [3.8, 4) is 11.5 Å². The lowest BCUT2D eigenvalue weighted by atomic mass is 9.50. The summed E-state index contributed by atoms with van der Waals surface area (Å²) in [6.07, 6.45) is 8.59. The monoisotopic (exact) mass is 1060 g/mol. The molecule has 7 fully saturated rings. The molecule has 1 aromatic heterocycles. The Kier molecular flexibility index (Phi) is 14.7. The highest BCUT2D eigenvalue weighted by Gasteiger charge is 2.78. The van der Waals surface area contributed by atoms with Crippen LogP contribution in [0.5, 0.6) is 11.5 Å². The van der Waals surface area contributed by atoms with Crippen LogP contribution in [0.4, 0.5) is 0 Å². The Balaban J connectivity index is 1.10. The van der Waals surface area contributed by atoms with Gasteiger partial charge in [-0.1, -0.05) is 62.3 Å². The number of esters is 1. The molecule has 2 aromatic rings. The molecule has 3 saturated heterocycles. The molecule has 71 heavy (non-hydrogen) atoms. The highest BCUT2D eigenvalue weighted by Crippen LogP contribution is 2.70. The summed E-state index contributed by atoms with van der Waals surface area (Å²) < 4.78 is 32.7. The number of furan rings is 1. The summed E-state index contributed by atoms with van der Waals surface area (Å²) >= 11 is 0. The second kappa shape index (κ2) is 20.2. The van der Waals surface area contributed by atoms with Crippen molar-refractivity contribution >= 4 is 60.1 Å².